The molecule has 1 aromatic heterocycles. The van der Waals surface area contributed by atoms with Gasteiger partial charge in [0.05, 0.1) is 0 Å². The van der Waals surface area contributed by atoms with Crippen LogP contribution in [-0.2, 0) is 4.79 Å². The zero-order valence-electron chi connectivity index (χ0n) is 14.3. The van der Waals surface area contributed by atoms with Crippen LogP contribution in [-0.4, -0.2) is 47.4 Å². The van der Waals surface area contributed by atoms with Gasteiger partial charge in [-0.15, -0.1) is 11.3 Å². The van der Waals surface area contributed by atoms with E-state index in [-0.39, 0.29) is 5.92 Å². The molecule has 1 amide bonds. The third kappa shape index (κ3) is 3.20. The Balaban J connectivity index is 1.41. The fourth-order valence-corrected chi connectivity index (χ4v) is 5.21. The lowest BCUT2D eigenvalue weighted by Gasteiger charge is -2.38. The number of carbonyl (C=O) groups excluding carboxylic acids is 1. The summed E-state index contributed by atoms with van der Waals surface area (Å²) < 4.78 is 0. The van der Waals surface area contributed by atoms with E-state index < -0.39 is 0 Å². The average Bonchev–Trinajstić information content (AvgIpc) is 3.48. The summed E-state index contributed by atoms with van der Waals surface area (Å²) in [7, 11) is 0. The number of hydrogen-bond donors (Lipinski definition) is 0. The molecule has 1 saturated heterocycles. The van der Waals surface area contributed by atoms with Crippen molar-refractivity contribution in [1.82, 2.24) is 9.80 Å². The van der Waals surface area contributed by atoms with Gasteiger partial charge in [0.1, 0.15) is 0 Å². The molecule has 0 unspecified atom stereocenters. The summed E-state index contributed by atoms with van der Waals surface area (Å²) >= 11 is 1.88. The molecule has 3 aliphatic rings. The molecule has 0 radical (unpaired) electrons. The molecule has 23 heavy (non-hydrogen) atoms. The van der Waals surface area contributed by atoms with Gasteiger partial charge in [0.25, 0.3) is 0 Å². The zero-order chi connectivity index (χ0) is 16.0. The zero-order valence-corrected chi connectivity index (χ0v) is 15.1. The van der Waals surface area contributed by atoms with Gasteiger partial charge in [-0.05, 0) is 57.7 Å². The van der Waals surface area contributed by atoms with Gasteiger partial charge < -0.3 is 9.80 Å². The van der Waals surface area contributed by atoms with Crippen molar-refractivity contribution >= 4 is 17.2 Å². The molecule has 126 valence electrons. The van der Waals surface area contributed by atoms with E-state index in [9.17, 15) is 4.79 Å². The first-order chi connectivity index (χ1) is 11.2. The van der Waals surface area contributed by atoms with Crippen molar-refractivity contribution < 1.29 is 4.79 Å². The van der Waals surface area contributed by atoms with Crippen molar-refractivity contribution in [3.05, 3.63) is 21.9 Å². The summed E-state index contributed by atoms with van der Waals surface area (Å²) in [6.45, 7) is 7.87. The summed E-state index contributed by atoms with van der Waals surface area (Å²) in [4.78, 5) is 20.8. The minimum atomic E-state index is 0.276. The van der Waals surface area contributed by atoms with Crippen LogP contribution in [0.5, 0.6) is 0 Å². The number of carbonyl (C=O) groups is 1. The Labute approximate surface area is 143 Å². The largest absolute Gasteiger partial charge is 0.336 e. The molecule has 2 aliphatic carbocycles. The maximum Gasteiger partial charge on any atom is 0.226 e. The van der Waals surface area contributed by atoms with E-state index in [2.05, 4.69) is 35.8 Å². The fraction of sp³-hybridized carbons (Fsp3) is 0.737. The molecular weight excluding hydrogens is 304 g/mol. The predicted molar refractivity (Wildman–Crippen MR) is 94.9 cm³/mol. The third-order valence-electron chi connectivity index (χ3n) is 5.83. The molecule has 2 saturated carbocycles. The number of amides is 1. The molecule has 1 aromatic rings. The van der Waals surface area contributed by atoms with Gasteiger partial charge in [0, 0.05) is 46.8 Å². The second-order valence-electron chi connectivity index (χ2n) is 7.54. The molecule has 2 heterocycles. The Morgan fingerprint density at radius 1 is 1.22 bits per heavy atom. The van der Waals surface area contributed by atoms with Crippen LogP contribution in [0.2, 0.25) is 0 Å². The van der Waals surface area contributed by atoms with Gasteiger partial charge in [-0.3, -0.25) is 4.79 Å². The van der Waals surface area contributed by atoms with Crippen LogP contribution in [0, 0.1) is 12.8 Å². The molecule has 0 spiro atoms. The Kier molecular flexibility index (Phi) is 4.22. The highest BCUT2D eigenvalue weighted by Gasteiger charge is 2.50. The van der Waals surface area contributed by atoms with E-state index in [1.807, 2.05) is 11.3 Å². The Morgan fingerprint density at radius 3 is 2.48 bits per heavy atom. The first-order valence-corrected chi connectivity index (χ1v) is 10.1. The van der Waals surface area contributed by atoms with E-state index in [1.54, 1.807) is 0 Å². The molecule has 3 fully saturated rings. The lowest BCUT2D eigenvalue weighted by atomic mass is 10.0. The van der Waals surface area contributed by atoms with E-state index in [4.69, 9.17) is 0 Å². The maximum atomic E-state index is 13.1. The van der Waals surface area contributed by atoms with Crippen LogP contribution >= 0.6 is 11.3 Å². The van der Waals surface area contributed by atoms with Crippen LogP contribution in [0.4, 0.5) is 0 Å². The molecule has 0 bridgehead atoms. The number of aryl methyl sites for hydroxylation is 1. The van der Waals surface area contributed by atoms with Crippen molar-refractivity contribution in [2.75, 3.05) is 19.6 Å². The van der Waals surface area contributed by atoms with Crippen molar-refractivity contribution in [1.29, 1.82) is 0 Å². The standard InChI is InChI=1S/C19H28N2OS/c1-3-20-10-8-15(9-11-20)21(14-5-6-14)19(22)17-12-16(17)18-7-4-13(2)23-18/h4,7,14-17H,3,5-6,8-12H2,1-2H3/t16-,17+/m1/s1. The van der Waals surface area contributed by atoms with Crippen molar-refractivity contribution in [3.63, 3.8) is 0 Å². The highest BCUT2D eigenvalue weighted by molar-refractivity contribution is 7.12. The van der Waals surface area contributed by atoms with Crippen LogP contribution in [0.3, 0.4) is 0 Å². The van der Waals surface area contributed by atoms with Crippen molar-refractivity contribution in [2.24, 2.45) is 5.92 Å². The van der Waals surface area contributed by atoms with Crippen LogP contribution in [0.1, 0.15) is 54.7 Å². The lowest BCUT2D eigenvalue weighted by molar-refractivity contribution is -0.136. The van der Waals surface area contributed by atoms with Gasteiger partial charge in [0.15, 0.2) is 0 Å². The van der Waals surface area contributed by atoms with Crippen molar-refractivity contribution in [2.45, 2.75) is 64.0 Å². The number of hydrogen-bond acceptors (Lipinski definition) is 3. The van der Waals surface area contributed by atoms with Crippen LogP contribution in [0.15, 0.2) is 12.1 Å². The Hall–Kier alpha value is -0.870. The highest BCUT2D eigenvalue weighted by atomic mass is 32.1. The maximum absolute atomic E-state index is 13.1. The molecule has 4 heteroatoms. The van der Waals surface area contributed by atoms with Crippen LogP contribution in [0.25, 0.3) is 0 Å². The number of nitrogens with zero attached hydrogens (tertiary/aromatic N) is 2. The Morgan fingerprint density at radius 2 is 1.91 bits per heavy atom. The van der Waals surface area contributed by atoms with Crippen LogP contribution < -0.4 is 0 Å². The van der Waals surface area contributed by atoms with Crippen molar-refractivity contribution in [3.8, 4) is 0 Å². The molecule has 0 N–H and O–H groups in total. The smallest absolute Gasteiger partial charge is 0.226 e. The van der Waals surface area contributed by atoms with E-state index in [0.717, 1.165) is 26.1 Å². The number of rotatable bonds is 5. The second-order valence-corrected chi connectivity index (χ2v) is 8.86. The fourth-order valence-electron chi connectivity index (χ4n) is 4.15. The number of likely N-dealkylation sites (tertiary alicyclic amines) is 1. The number of piperidine rings is 1. The molecular formula is C19H28N2OS. The molecule has 2 atom stereocenters. The van der Waals surface area contributed by atoms with Gasteiger partial charge in [-0.25, -0.2) is 0 Å². The normalized spacial score (nSPS) is 28.8. The van der Waals surface area contributed by atoms with Gasteiger partial charge >= 0.3 is 0 Å². The van der Waals surface area contributed by atoms with E-state index in [0.29, 0.717) is 23.9 Å². The molecule has 0 aromatic carbocycles. The van der Waals surface area contributed by atoms with E-state index in [1.165, 1.54) is 35.4 Å². The quantitative estimate of drug-likeness (QED) is 0.822. The Bertz CT molecular complexity index is 572. The third-order valence-corrected chi connectivity index (χ3v) is 6.96. The topological polar surface area (TPSA) is 23.6 Å². The van der Waals surface area contributed by atoms with Gasteiger partial charge in [-0.2, -0.15) is 0 Å². The highest BCUT2D eigenvalue weighted by Crippen LogP contribution is 2.51. The molecule has 1 aliphatic heterocycles. The first-order valence-electron chi connectivity index (χ1n) is 9.28. The first kappa shape index (κ1) is 15.6. The summed E-state index contributed by atoms with van der Waals surface area (Å²) in [6, 6.07) is 5.49. The second kappa shape index (κ2) is 6.21. The van der Waals surface area contributed by atoms with Gasteiger partial charge in [-0.1, -0.05) is 6.92 Å². The summed E-state index contributed by atoms with van der Waals surface area (Å²) in [5.41, 5.74) is 0. The summed E-state index contributed by atoms with van der Waals surface area (Å²) in [5, 5.41) is 0. The minimum absolute atomic E-state index is 0.276. The lowest BCUT2D eigenvalue weighted by Crippen LogP contribution is -2.49. The monoisotopic (exact) mass is 332 g/mol. The minimum Gasteiger partial charge on any atom is -0.336 e. The molecule has 3 nitrogen and oxygen atoms in total. The average molecular weight is 333 g/mol. The summed E-state index contributed by atoms with van der Waals surface area (Å²) in [6.07, 6.45) is 5.89. The molecule has 4 rings (SSSR count). The van der Waals surface area contributed by atoms with Gasteiger partial charge in [0.2, 0.25) is 5.91 Å². The number of thiophene rings is 1. The predicted octanol–water partition coefficient (Wildman–Crippen LogP) is 3.64. The summed E-state index contributed by atoms with van der Waals surface area (Å²) in [5.74, 6) is 1.26. The van der Waals surface area contributed by atoms with E-state index >= 15 is 0 Å². The SMILES string of the molecule is CCN1CCC(N(C(=O)[C@H]2C[C@H]2c2ccc(C)s2)C2CC2)CC1.